The molecule has 126 valence electrons. The molecule has 0 unspecified atom stereocenters. The molecule has 0 aliphatic heterocycles. The summed E-state index contributed by atoms with van der Waals surface area (Å²) in [7, 11) is 0. The third-order valence-corrected chi connectivity index (χ3v) is 6.12. The average Bonchev–Trinajstić information content (AvgIpc) is 3.27. The number of benzene rings is 2. The molecule has 2 aromatic carbocycles. The molecule has 0 N–H and O–H groups in total. The van der Waals surface area contributed by atoms with Gasteiger partial charge in [0.05, 0.1) is 0 Å². The van der Waals surface area contributed by atoms with Gasteiger partial charge in [0.2, 0.25) is 0 Å². The molecule has 0 atom stereocenters. The number of allylic oxidation sites excluding steroid dienone is 8. The van der Waals surface area contributed by atoms with Crippen LogP contribution in [0.2, 0.25) is 0 Å². The summed E-state index contributed by atoms with van der Waals surface area (Å²) in [5, 5.41) is 0. The molecule has 0 bridgehead atoms. The average molecular weight is 366 g/mol. The van der Waals surface area contributed by atoms with Gasteiger partial charge in [-0.25, -0.2) is 0 Å². The summed E-state index contributed by atoms with van der Waals surface area (Å²) >= 11 is 1.09. The van der Waals surface area contributed by atoms with E-state index in [1.54, 1.807) is 0 Å². The van der Waals surface area contributed by atoms with E-state index in [0.29, 0.717) is 0 Å². The van der Waals surface area contributed by atoms with E-state index in [4.69, 9.17) is 0 Å². The first kappa shape index (κ1) is 16.4. The van der Waals surface area contributed by atoms with Crippen LogP contribution in [0.4, 0.5) is 0 Å². The monoisotopic (exact) mass is 366 g/mol. The van der Waals surface area contributed by atoms with E-state index < -0.39 is 0 Å². The Morgan fingerprint density at radius 3 is 1.40 bits per heavy atom. The number of hydrogen-bond donors (Lipinski definition) is 0. The van der Waals surface area contributed by atoms with Gasteiger partial charge in [0.25, 0.3) is 0 Å². The van der Waals surface area contributed by atoms with Crippen molar-refractivity contribution in [3.05, 3.63) is 104 Å². The number of aryl methyl sites for hydroxylation is 2. The van der Waals surface area contributed by atoms with Crippen molar-refractivity contribution in [2.75, 3.05) is 0 Å². The summed E-state index contributed by atoms with van der Waals surface area (Å²) in [6, 6.07) is 17.7. The summed E-state index contributed by atoms with van der Waals surface area (Å²) in [5.41, 5.74) is 8.05. The van der Waals surface area contributed by atoms with Crippen LogP contribution < -0.4 is 0 Å². The summed E-state index contributed by atoms with van der Waals surface area (Å²) in [6.45, 7) is 4.28. The maximum atomic E-state index is 2.38. The van der Waals surface area contributed by atoms with Crippen LogP contribution in [0.25, 0.3) is 11.1 Å². The second-order valence-electron chi connectivity index (χ2n) is 6.70. The zero-order valence-electron chi connectivity index (χ0n) is 14.7. The Kier molecular flexibility index (Phi) is 4.61. The Balaban J connectivity index is 1.44. The number of rotatable bonds is 4. The Labute approximate surface area is 156 Å². The zero-order chi connectivity index (χ0) is 17.2. The molecule has 0 radical (unpaired) electrons. The van der Waals surface area contributed by atoms with Crippen molar-refractivity contribution < 1.29 is 15.0 Å². The second kappa shape index (κ2) is 7.04. The van der Waals surface area contributed by atoms with Crippen molar-refractivity contribution in [3.63, 3.8) is 0 Å². The molecular weight excluding hydrogens is 344 g/mol. The second-order valence-corrected chi connectivity index (χ2v) is 8.39. The Morgan fingerprint density at radius 1 is 0.600 bits per heavy atom. The quantitative estimate of drug-likeness (QED) is 0.547. The van der Waals surface area contributed by atoms with Crippen molar-refractivity contribution in [2.24, 2.45) is 0 Å². The zero-order valence-corrected chi connectivity index (χ0v) is 15.8. The molecule has 0 aromatic heterocycles. The molecule has 0 saturated heterocycles. The molecule has 0 nitrogen and oxygen atoms in total. The van der Waals surface area contributed by atoms with Crippen molar-refractivity contribution in [3.8, 4) is 0 Å². The van der Waals surface area contributed by atoms with Crippen LogP contribution in [-0.4, -0.2) is 0 Å². The van der Waals surface area contributed by atoms with Gasteiger partial charge in [-0.1, -0.05) is 0 Å². The van der Waals surface area contributed by atoms with Crippen LogP contribution in [0.15, 0.2) is 81.8 Å². The minimum absolute atomic E-state index is 1.08. The van der Waals surface area contributed by atoms with E-state index in [9.17, 15) is 0 Å². The van der Waals surface area contributed by atoms with Crippen molar-refractivity contribution in [2.45, 2.75) is 26.7 Å². The van der Waals surface area contributed by atoms with Crippen LogP contribution in [0, 0.1) is 13.8 Å². The van der Waals surface area contributed by atoms with Gasteiger partial charge in [0.15, 0.2) is 0 Å². The van der Waals surface area contributed by atoms with Gasteiger partial charge in [0, 0.05) is 0 Å². The van der Waals surface area contributed by atoms with Crippen molar-refractivity contribution >= 4 is 11.1 Å². The fourth-order valence-electron chi connectivity index (χ4n) is 3.14. The molecule has 2 aromatic rings. The molecule has 1 heteroatoms. The molecule has 25 heavy (non-hydrogen) atoms. The molecular formula is C24H22Fe. The van der Waals surface area contributed by atoms with Crippen molar-refractivity contribution in [1.82, 2.24) is 0 Å². The normalized spacial score (nSPS) is 16.6. The van der Waals surface area contributed by atoms with Gasteiger partial charge in [-0.15, -0.1) is 0 Å². The van der Waals surface area contributed by atoms with Crippen molar-refractivity contribution in [1.29, 1.82) is 0 Å². The first-order valence-corrected chi connectivity index (χ1v) is 9.86. The fourth-order valence-corrected chi connectivity index (χ4v) is 4.55. The molecule has 0 fully saturated rings. The molecule has 0 saturated carbocycles. The van der Waals surface area contributed by atoms with Gasteiger partial charge < -0.3 is 0 Å². The third-order valence-electron chi connectivity index (χ3n) is 4.64. The van der Waals surface area contributed by atoms with Crippen LogP contribution in [0.5, 0.6) is 0 Å². The molecule has 4 rings (SSSR count). The van der Waals surface area contributed by atoms with Crippen LogP contribution >= 0.6 is 0 Å². The van der Waals surface area contributed by atoms with Crippen LogP contribution in [0.3, 0.4) is 0 Å². The Morgan fingerprint density at radius 2 is 1.00 bits per heavy atom. The van der Waals surface area contributed by atoms with Gasteiger partial charge in [-0.2, -0.15) is 0 Å². The van der Waals surface area contributed by atoms with E-state index in [-0.39, 0.29) is 0 Å². The molecule has 0 heterocycles. The van der Waals surface area contributed by atoms with E-state index >= 15 is 0 Å². The molecule has 0 spiro atoms. The summed E-state index contributed by atoms with van der Waals surface area (Å²) < 4.78 is 3.06. The van der Waals surface area contributed by atoms with Gasteiger partial charge >= 0.3 is 157 Å². The van der Waals surface area contributed by atoms with E-state index in [1.165, 1.54) is 42.3 Å². The standard InChI is InChI=1S/2C12H11.Fe/c2*1-10-6-8-12(9-7-10)11-4-2-3-5-11;/h2*4-9H,2H2,1H3;. The summed E-state index contributed by atoms with van der Waals surface area (Å²) in [4.78, 5) is 0. The van der Waals surface area contributed by atoms with E-state index in [0.717, 1.165) is 27.8 Å². The molecule has 2 aliphatic rings. The Bertz CT molecular complexity index is 826. The first-order chi connectivity index (χ1) is 12.2. The summed E-state index contributed by atoms with van der Waals surface area (Å²) in [6.07, 6.45) is 11.7. The summed E-state index contributed by atoms with van der Waals surface area (Å²) in [5.74, 6) is 0. The van der Waals surface area contributed by atoms with E-state index in [1.807, 2.05) is 0 Å². The Hall–Kier alpha value is -2.08. The van der Waals surface area contributed by atoms with Gasteiger partial charge in [-0.3, -0.25) is 0 Å². The van der Waals surface area contributed by atoms with E-state index in [2.05, 4.69) is 86.7 Å². The maximum absolute atomic E-state index is 2.38. The topological polar surface area (TPSA) is 0 Å². The van der Waals surface area contributed by atoms with Gasteiger partial charge in [-0.05, 0) is 0 Å². The van der Waals surface area contributed by atoms with Gasteiger partial charge in [0.1, 0.15) is 0 Å². The predicted molar refractivity (Wildman–Crippen MR) is 104 cm³/mol. The molecule has 0 amide bonds. The van der Waals surface area contributed by atoms with Crippen LogP contribution in [-0.2, 0) is 15.0 Å². The third kappa shape index (κ3) is 3.79. The minimum atomic E-state index is 1.08. The molecule has 2 aliphatic carbocycles. The SMILES string of the molecule is Cc1ccc(C2=CC[C]([Fe][C]3=CC(c4ccc(C)cc4)=CC3)=C2)cc1. The van der Waals surface area contributed by atoms with Crippen LogP contribution in [0.1, 0.15) is 35.1 Å². The predicted octanol–water partition coefficient (Wildman–Crippen LogP) is 6.43. The first-order valence-electron chi connectivity index (χ1n) is 8.75. The fraction of sp³-hybridized carbons (Fsp3) is 0.167. The number of hydrogen-bond acceptors (Lipinski definition) is 0.